The molecule has 0 spiro atoms. The van der Waals surface area contributed by atoms with Gasteiger partial charge in [-0.1, -0.05) is 18.2 Å². The van der Waals surface area contributed by atoms with E-state index in [1.165, 1.54) is 0 Å². The average Bonchev–Trinajstić information content (AvgIpc) is 2.46. The van der Waals surface area contributed by atoms with E-state index in [1.807, 2.05) is 24.3 Å². The van der Waals surface area contributed by atoms with Crippen LogP contribution in [0.25, 0.3) is 10.8 Å². The molecule has 0 aliphatic heterocycles. The van der Waals surface area contributed by atoms with Crippen LogP contribution in [0.3, 0.4) is 0 Å². The zero-order valence-electron chi connectivity index (χ0n) is 11.0. The van der Waals surface area contributed by atoms with E-state index in [2.05, 4.69) is 4.98 Å². The lowest BCUT2D eigenvalue weighted by Gasteiger charge is -2.06. The summed E-state index contributed by atoms with van der Waals surface area (Å²) in [5.74, 6) is 0.0796. The quantitative estimate of drug-likeness (QED) is 0.566. The SMILES string of the molecule is COCCOCCC(=O)c1cccc2ccncc12. The van der Waals surface area contributed by atoms with Crippen LogP contribution in [-0.4, -0.2) is 37.7 Å². The number of Topliss-reactive ketones (excluding diaryl/α,β-unsaturated/α-hetero) is 1. The zero-order valence-corrected chi connectivity index (χ0v) is 11.0. The topological polar surface area (TPSA) is 48.4 Å². The summed E-state index contributed by atoms with van der Waals surface area (Å²) >= 11 is 0. The number of carbonyl (C=O) groups excluding carboxylic acids is 1. The molecule has 0 fully saturated rings. The molecule has 0 aliphatic rings. The summed E-state index contributed by atoms with van der Waals surface area (Å²) in [5.41, 5.74) is 0.709. The Hall–Kier alpha value is -1.78. The standard InChI is InChI=1S/C15H17NO3/c1-18-9-10-19-8-6-15(17)13-4-2-3-12-5-7-16-11-14(12)13/h2-5,7,11H,6,8-10H2,1H3. The lowest BCUT2D eigenvalue weighted by Crippen LogP contribution is -2.08. The number of ether oxygens (including phenoxy) is 2. The van der Waals surface area contributed by atoms with Gasteiger partial charge in [-0.3, -0.25) is 9.78 Å². The van der Waals surface area contributed by atoms with Crippen molar-refractivity contribution in [3.8, 4) is 0 Å². The highest BCUT2D eigenvalue weighted by Gasteiger charge is 2.09. The Morgan fingerprint density at radius 2 is 2.11 bits per heavy atom. The van der Waals surface area contributed by atoms with E-state index in [1.54, 1.807) is 19.5 Å². The predicted octanol–water partition coefficient (Wildman–Crippen LogP) is 2.47. The van der Waals surface area contributed by atoms with Gasteiger partial charge in [-0.05, 0) is 11.5 Å². The van der Waals surface area contributed by atoms with Gasteiger partial charge in [0, 0.05) is 36.9 Å². The van der Waals surface area contributed by atoms with Crippen LogP contribution >= 0.6 is 0 Å². The number of nitrogens with zero attached hydrogens (tertiary/aromatic N) is 1. The summed E-state index contributed by atoms with van der Waals surface area (Å²) in [6.07, 6.45) is 3.83. The maximum Gasteiger partial charge on any atom is 0.165 e. The number of benzene rings is 1. The maximum atomic E-state index is 12.2. The van der Waals surface area contributed by atoms with Crippen molar-refractivity contribution in [2.45, 2.75) is 6.42 Å². The predicted molar refractivity (Wildman–Crippen MR) is 73.4 cm³/mol. The largest absolute Gasteiger partial charge is 0.382 e. The number of hydrogen-bond donors (Lipinski definition) is 0. The number of hydrogen-bond acceptors (Lipinski definition) is 4. The van der Waals surface area contributed by atoms with Gasteiger partial charge in [-0.25, -0.2) is 0 Å². The van der Waals surface area contributed by atoms with Crippen molar-refractivity contribution >= 4 is 16.6 Å². The first kappa shape index (κ1) is 13.6. The Morgan fingerprint density at radius 3 is 2.95 bits per heavy atom. The highest BCUT2D eigenvalue weighted by Crippen LogP contribution is 2.18. The lowest BCUT2D eigenvalue weighted by molar-refractivity contribution is 0.0642. The first-order valence-corrected chi connectivity index (χ1v) is 6.25. The molecule has 0 atom stereocenters. The molecule has 0 aliphatic carbocycles. The fourth-order valence-electron chi connectivity index (χ4n) is 1.90. The molecule has 4 nitrogen and oxygen atoms in total. The third-order valence-electron chi connectivity index (χ3n) is 2.89. The molecular weight excluding hydrogens is 242 g/mol. The Balaban J connectivity index is 2.01. The molecule has 1 heterocycles. The molecule has 2 rings (SSSR count). The summed E-state index contributed by atoms with van der Waals surface area (Å²) in [6.45, 7) is 1.48. The maximum absolute atomic E-state index is 12.2. The van der Waals surface area contributed by atoms with Crippen LogP contribution in [0.4, 0.5) is 0 Å². The fourth-order valence-corrected chi connectivity index (χ4v) is 1.90. The minimum Gasteiger partial charge on any atom is -0.382 e. The molecule has 0 unspecified atom stereocenters. The van der Waals surface area contributed by atoms with Crippen LogP contribution in [0.2, 0.25) is 0 Å². The number of rotatable bonds is 7. The van der Waals surface area contributed by atoms with Crippen LogP contribution in [0.15, 0.2) is 36.7 Å². The Kier molecular flexibility index (Phi) is 5.01. The minimum atomic E-state index is 0.0796. The van der Waals surface area contributed by atoms with Gasteiger partial charge in [0.15, 0.2) is 5.78 Å². The van der Waals surface area contributed by atoms with E-state index in [9.17, 15) is 4.79 Å². The molecule has 0 amide bonds. The summed E-state index contributed by atoms with van der Waals surface area (Å²) < 4.78 is 10.2. The smallest absolute Gasteiger partial charge is 0.165 e. The van der Waals surface area contributed by atoms with E-state index in [4.69, 9.17) is 9.47 Å². The molecule has 1 aromatic carbocycles. The summed E-state index contributed by atoms with van der Waals surface area (Å²) in [6, 6.07) is 7.60. The molecule has 0 bridgehead atoms. The number of carbonyl (C=O) groups is 1. The number of aromatic nitrogens is 1. The molecule has 100 valence electrons. The molecule has 2 aromatic rings. The monoisotopic (exact) mass is 259 g/mol. The van der Waals surface area contributed by atoms with Crippen LogP contribution in [-0.2, 0) is 9.47 Å². The van der Waals surface area contributed by atoms with Crippen LogP contribution in [0.1, 0.15) is 16.8 Å². The van der Waals surface area contributed by atoms with Crippen molar-refractivity contribution < 1.29 is 14.3 Å². The summed E-state index contributed by atoms with van der Waals surface area (Å²) in [5, 5.41) is 1.92. The minimum absolute atomic E-state index is 0.0796. The van der Waals surface area contributed by atoms with Crippen molar-refractivity contribution in [2.75, 3.05) is 26.9 Å². The summed E-state index contributed by atoms with van der Waals surface area (Å²) in [4.78, 5) is 16.2. The molecule has 1 aromatic heterocycles. The van der Waals surface area contributed by atoms with E-state index in [0.29, 0.717) is 31.8 Å². The molecule has 0 N–H and O–H groups in total. The summed E-state index contributed by atoms with van der Waals surface area (Å²) in [7, 11) is 1.62. The van der Waals surface area contributed by atoms with Crippen LogP contribution in [0.5, 0.6) is 0 Å². The van der Waals surface area contributed by atoms with E-state index in [0.717, 1.165) is 10.8 Å². The molecule has 4 heteroatoms. The average molecular weight is 259 g/mol. The lowest BCUT2D eigenvalue weighted by atomic mass is 10.0. The highest BCUT2D eigenvalue weighted by atomic mass is 16.5. The van der Waals surface area contributed by atoms with E-state index in [-0.39, 0.29) is 5.78 Å². The second-order valence-electron chi connectivity index (χ2n) is 4.18. The molecular formula is C15H17NO3. The van der Waals surface area contributed by atoms with Crippen LogP contribution < -0.4 is 0 Å². The highest BCUT2D eigenvalue weighted by molar-refractivity contribution is 6.07. The Labute approximate surface area is 112 Å². The van der Waals surface area contributed by atoms with Gasteiger partial charge in [0.2, 0.25) is 0 Å². The van der Waals surface area contributed by atoms with Gasteiger partial charge in [0.05, 0.1) is 19.8 Å². The van der Waals surface area contributed by atoms with Crippen molar-refractivity contribution in [1.82, 2.24) is 4.98 Å². The van der Waals surface area contributed by atoms with Crippen molar-refractivity contribution in [1.29, 1.82) is 0 Å². The van der Waals surface area contributed by atoms with Crippen molar-refractivity contribution in [3.63, 3.8) is 0 Å². The number of ketones is 1. The molecule has 19 heavy (non-hydrogen) atoms. The van der Waals surface area contributed by atoms with E-state index < -0.39 is 0 Å². The second-order valence-corrected chi connectivity index (χ2v) is 4.18. The van der Waals surface area contributed by atoms with E-state index >= 15 is 0 Å². The molecule has 0 saturated carbocycles. The number of fused-ring (bicyclic) bond motifs is 1. The van der Waals surface area contributed by atoms with Gasteiger partial charge >= 0.3 is 0 Å². The van der Waals surface area contributed by atoms with Crippen molar-refractivity contribution in [3.05, 3.63) is 42.2 Å². The third-order valence-corrected chi connectivity index (χ3v) is 2.89. The molecule has 0 radical (unpaired) electrons. The number of methoxy groups -OCH3 is 1. The van der Waals surface area contributed by atoms with Crippen molar-refractivity contribution in [2.24, 2.45) is 0 Å². The fraction of sp³-hybridized carbons (Fsp3) is 0.333. The van der Waals surface area contributed by atoms with Crippen LogP contribution in [0, 0.1) is 0 Å². The zero-order chi connectivity index (χ0) is 13.5. The second kappa shape index (κ2) is 6.97. The third kappa shape index (κ3) is 3.59. The van der Waals surface area contributed by atoms with Gasteiger partial charge < -0.3 is 9.47 Å². The molecule has 0 saturated heterocycles. The van der Waals surface area contributed by atoms with Gasteiger partial charge in [-0.15, -0.1) is 0 Å². The Bertz CT molecular complexity index is 549. The normalized spacial score (nSPS) is 10.8. The van der Waals surface area contributed by atoms with Gasteiger partial charge in [0.1, 0.15) is 0 Å². The number of pyridine rings is 1. The first-order valence-electron chi connectivity index (χ1n) is 6.25. The Morgan fingerprint density at radius 1 is 1.21 bits per heavy atom. The van der Waals surface area contributed by atoms with Gasteiger partial charge in [-0.2, -0.15) is 0 Å². The van der Waals surface area contributed by atoms with Gasteiger partial charge in [0.25, 0.3) is 0 Å². The first-order chi connectivity index (χ1) is 9.33.